The second kappa shape index (κ2) is 4.92. The first-order valence-electron chi connectivity index (χ1n) is 5.81. The van der Waals surface area contributed by atoms with E-state index in [4.69, 9.17) is 5.73 Å². The molecule has 0 spiro atoms. The molecule has 0 fully saturated rings. The summed E-state index contributed by atoms with van der Waals surface area (Å²) in [6.07, 6.45) is 0. The van der Waals surface area contributed by atoms with E-state index >= 15 is 0 Å². The Labute approximate surface area is 107 Å². The predicted octanol–water partition coefficient (Wildman–Crippen LogP) is 3.14. The Morgan fingerprint density at radius 1 is 1.00 bits per heavy atom. The molecule has 0 heterocycles. The summed E-state index contributed by atoms with van der Waals surface area (Å²) in [5.41, 5.74) is 9.65. The number of nitrogens with two attached hydrogens (primary N) is 1. The van der Waals surface area contributed by atoms with Gasteiger partial charge in [-0.25, -0.2) is 0 Å². The molecule has 0 aliphatic heterocycles. The lowest BCUT2D eigenvalue weighted by Gasteiger charge is -2.11. The highest BCUT2D eigenvalue weighted by Crippen LogP contribution is 2.20. The summed E-state index contributed by atoms with van der Waals surface area (Å²) in [7, 11) is 0. The third-order valence-corrected chi connectivity index (χ3v) is 2.92. The molecule has 0 atom stereocenters. The molecule has 3 heteroatoms. The largest absolute Gasteiger partial charge is 0.397 e. The summed E-state index contributed by atoms with van der Waals surface area (Å²) < 4.78 is 0. The first kappa shape index (κ1) is 12.2. The van der Waals surface area contributed by atoms with Crippen molar-refractivity contribution < 1.29 is 4.79 Å². The SMILES string of the molecule is Cc1cccc(C)c1C(=O)Nc1ccccc1N. The third kappa shape index (κ3) is 2.35. The van der Waals surface area contributed by atoms with Gasteiger partial charge in [0, 0.05) is 5.56 Å². The van der Waals surface area contributed by atoms with Gasteiger partial charge in [0.1, 0.15) is 0 Å². The van der Waals surface area contributed by atoms with Crippen molar-refractivity contribution in [2.24, 2.45) is 0 Å². The number of carbonyl (C=O) groups is 1. The Morgan fingerprint density at radius 3 is 2.22 bits per heavy atom. The molecule has 0 radical (unpaired) electrons. The van der Waals surface area contributed by atoms with E-state index in [1.54, 1.807) is 12.1 Å². The Hall–Kier alpha value is -2.29. The average molecular weight is 240 g/mol. The van der Waals surface area contributed by atoms with Crippen molar-refractivity contribution in [1.29, 1.82) is 0 Å². The number of carbonyl (C=O) groups excluding carboxylic acids is 1. The maximum absolute atomic E-state index is 12.2. The highest BCUT2D eigenvalue weighted by Gasteiger charge is 2.12. The van der Waals surface area contributed by atoms with E-state index in [0.29, 0.717) is 16.9 Å². The van der Waals surface area contributed by atoms with Gasteiger partial charge in [0.05, 0.1) is 11.4 Å². The Balaban J connectivity index is 2.31. The summed E-state index contributed by atoms with van der Waals surface area (Å²) in [5, 5.41) is 2.84. The molecule has 2 aromatic rings. The van der Waals surface area contributed by atoms with Crippen LogP contribution in [-0.2, 0) is 0 Å². The van der Waals surface area contributed by atoms with Crippen LogP contribution in [0.4, 0.5) is 11.4 Å². The van der Waals surface area contributed by atoms with E-state index in [9.17, 15) is 4.79 Å². The normalized spacial score (nSPS) is 10.1. The first-order chi connectivity index (χ1) is 8.59. The van der Waals surface area contributed by atoms with Crippen LogP contribution in [0.2, 0.25) is 0 Å². The van der Waals surface area contributed by atoms with Gasteiger partial charge in [-0.05, 0) is 37.1 Å². The molecular weight excluding hydrogens is 224 g/mol. The molecule has 3 N–H and O–H groups in total. The molecule has 0 saturated heterocycles. The molecule has 0 aliphatic carbocycles. The van der Waals surface area contributed by atoms with E-state index in [1.807, 2.05) is 44.2 Å². The van der Waals surface area contributed by atoms with Gasteiger partial charge in [-0.3, -0.25) is 4.79 Å². The number of hydrogen-bond donors (Lipinski definition) is 2. The van der Waals surface area contributed by atoms with Crippen molar-refractivity contribution in [3.05, 3.63) is 59.2 Å². The van der Waals surface area contributed by atoms with E-state index < -0.39 is 0 Å². The minimum Gasteiger partial charge on any atom is -0.397 e. The van der Waals surface area contributed by atoms with Crippen LogP contribution < -0.4 is 11.1 Å². The van der Waals surface area contributed by atoms with Crippen LogP contribution in [0.5, 0.6) is 0 Å². The van der Waals surface area contributed by atoms with Crippen molar-refractivity contribution >= 4 is 17.3 Å². The van der Waals surface area contributed by atoms with Crippen LogP contribution in [0.3, 0.4) is 0 Å². The Bertz CT molecular complexity index is 571. The maximum atomic E-state index is 12.2. The fourth-order valence-corrected chi connectivity index (χ4v) is 1.97. The molecule has 0 aromatic heterocycles. The zero-order valence-electron chi connectivity index (χ0n) is 10.5. The van der Waals surface area contributed by atoms with Crippen LogP contribution in [0.15, 0.2) is 42.5 Å². The fraction of sp³-hybridized carbons (Fsp3) is 0.133. The first-order valence-corrected chi connectivity index (χ1v) is 5.81. The smallest absolute Gasteiger partial charge is 0.256 e. The molecule has 18 heavy (non-hydrogen) atoms. The molecule has 2 rings (SSSR count). The molecule has 92 valence electrons. The molecule has 2 aromatic carbocycles. The minimum atomic E-state index is -0.122. The van der Waals surface area contributed by atoms with Crippen LogP contribution in [0.25, 0.3) is 0 Å². The van der Waals surface area contributed by atoms with E-state index in [0.717, 1.165) is 11.1 Å². The quantitative estimate of drug-likeness (QED) is 0.792. The van der Waals surface area contributed by atoms with E-state index in [-0.39, 0.29) is 5.91 Å². The highest BCUT2D eigenvalue weighted by atomic mass is 16.1. The van der Waals surface area contributed by atoms with Crippen LogP contribution >= 0.6 is 0 Å². The van der Waals surface area contributed by atoms with E-state index in [2.05, 4.69) is 5.32 Å². The van der Waals surface area contributed by atoms with Crippen molar-refractivity contribution in [2.45, 2.75) is 13.8 Å². The Kier molecular flexibility index (Phi) is 3.33. The number of rotatable bonds is 2. The number of anilines is 2. The maximum Gasteiger partial charge on any atom is 0.256 e. The molecule has 0 aliphatic rings. The number of nitrogens with one attached hydrogen (secondary N) is 1. The minimum absolute atomic E-state index is 0.122. The number of hydrogen-bond acceptors (Lipinski definition) is 2. The van der Waals surface area contributed by atoms with E-state index in [1.165, 1.54) is 0 Å². The average Bonchev–Trinajstić information content (AvgIpc) is 2.32. The van der Waals surface area contributed by atoms with Gasteiger partial charge in [-0.15, -0.1) is 0 Å². The standard InChI is InChI=1S/C15H16N2O/c1-10-6-5-7-11(2)14(10)15(18)17-13-9-4-3-8-12(13)16/h3-9H,16H2,1-2H3,(H,17,18). The molecule has 1 amide bonds. The molecule has 0 unspecified atom stereocenters. The van der Waals surface area contributed by atoms with Crippen LogP contribution in [0.1, 0.15) is 21.5 Å². The van der Waals surface area contributed by atoms with Gasteiger partial charge >= 0.3 is 0 Å². The van der Waals surface area contributed by atoms with Gasteiger partial charge in [0.15, 0.2) is 0 Å². The van der Waals surface area contributed by atoms with Crippen molar-refractivity contribution in [3.8, 4) is 0 Å². The van der Waals surface area contributed by atoms with Gasteiger partial charge in [-0.1, -0.05) is 30.3 Å². The number of para-hydroxylation sites is 2. The highest BCUT2D eigenvalue weighted by molar-refractivity contribution is 6.07. The summed E-state index contributed by atoms with van der Waals surface area (Å²) in [6, 6.07) is 13.0. The predicted molar refractivity (Wildman–Crippen MR) is 74.7 cm³/mol. The molecule has 0 saturated carbocycles. The summed E-state index contributed by atoms with van der Waals surface area (Å²) in [6.45, 7) is 3.85. The Morgan fingerprint density at radius 2 is 1.61 bits per heavy atom. The lowest BCUT2D eigenvalue weighted by atomic mass is 10.0. The summed E-state index contributed by atoms with van der Waals surface area (Å²) in [5.74, 6) is -0.122. The second-order valence-electron chi connectivity index (χ2n) is 4.31. The second-order valence-corrected chi connectivity index (χ2v) is 4.31. The summed E-state index contributed by atoms with van der Waals surface area (Å²) in [4.78, 5) is 12.2. The number of amides is 1. The van der Waals surface area contributed by atoms with Gasteiger partial charge in [0.25, 0.3) is 5.91 Å². The lowest BCUT2D eigenvalue weighted by Crippen LogP contribution is -2.15. The molecule has 3 nitrogen and oxygen atoms in total. The number of aryl methyl sites for hydroxylation is 2. The zero-order chi connectivity index (χ0) is 13.1. The number of benzene rings is 2. The number of nitrogen functional groups attached to an aromatic ring is 1. The van der Waals surface area contributed by atoms with Crippen LogP contribution in [0, 0.1) is 13.8 Å². The topological polar surface area (TPSA) is 55.1 Å². The molecule has 0 bridgehead atoms. The third-order valence-electron chi connectivity index (χ3n) is 2.92. The van der Waals surface area contributed by atoms with Gasteiger partial charge in [-0.2, -0.15) is 0 Å². The van der Waals surface area contributed by atoms with Crippen molar-refractivity contribution in [2.75, 3.05) is 11.1 Å². The van der Waals surface area contributed by atoms with Gasteiger partial charge in [0.2, 0.25) is 0 Å². The monoisotopic (exact) mass is 240 g/mol. The lowest BCUT2D eigenvalue weighted by molar-refractivity contribution is 0.102. The van der Waals surface area contributed by atoms with Crippen LogP contribution in [-0.4, -0.2) is 5.91 Å². The van der Waals surface area contributed by atoms with Crippen molar-refractivity contribution in [1.82, 2.24) is 0 Å². The molecular formula is C15H16N2O. The zero-order valence-corrected chi connectivity index (χ0v) is 10.5. The van der Waals surface area contributed by atoms with Crippen molar-refractivity contribution in [3.63, 3.8) is 0 Å². The fourth-order valence-electron chi connectivity index (χ4n) is 1.97. The summed E-state index contributed by atoms with van der Waals surface area (Å²) >= 11 is 0. The van der Waals surface area contributed by atoms with Gasteiger partial charge < -0.3 is 11.1 Å².